The first kappa shape index (κ1) is 23.8. The van der Waals surface area contributed by atoms with Gasteiger partial charge in [0.1, 0.15) is 6.61 Å². The van der Waals surface area contributed by atoms with Crippen molar-refractivity contribution in [1.82, 2.24) is 14.8 Å². The Labute approximate surface area is 215 Å². The first-order valence-corrected chi connectivity index (χ1v) is 13.1. The molecular formula is C28H31BrN4O2. The number of amides is 1. The second kappa shape index (κ2) is 10.8. The number of nitrogen functional groups attached to an aromatic ring is 1. The lowest BCUT2D eigenvalue weighted by molar-refractivity contribution is 0.0709. The van der Waals surface area contributed by atoms with Gasteiger partial charge in [0.15, 0.2) is 11.6 Å². The number of rotatable bonds is 7. The number of carbonyl (C=O) groups is 1. The van der Waals surface area contributed by atoms with Crippen molar-refractivity contribution < 1.29 is 9.53 Å². The number of aromatic nitrogens is 1. The Morgan fingerprint density at radius 2 is 1.80 bits per heavy atom. The number of nitrogens with two attached hydrogens (primary N) is 1. The molecule has 2 aliphatic rings. The number of anilines is 1. The molecule has 0 bridgehead atoms. The number of halogens is 1. The Kier molecular flexibility index (Phi) is 7.35. The first-order valence-electron chi connectivity index (χ1n) is 12.3. The van der Waals surface area contributed by atoms with E-state index in [1.165, 1.54) is 12.8 Å². The van der Waals surface area contributed by atoms with Gasteiger partial charge < -0.3 is 20.3 Å². The summed E-state index contributed by atoms with van der Waals surface area (Å²) in [5.74, 6) is 1.03. The van der Waals surface area contributed by atoms with E-state index in [0.717, 1.165) is 65.7 Å². The van der Waals surface area contributed by atoms with Gasteiger partial charge >= 0.3 is 0 Å². The molecule has 5 rings (SSSR count). The Bertz CT molecular complexity index is 1180. The van der Waals surface area contributed by atoms with Crippen LogP contribution in [-0.4, -0.2) is 52.9 Å². The highest BCUT2D eigenvalue weighted by Gasteiger charge is 2.31. The minimum absolute atomic E-state index is 0.131. The van der Waals surface area contributed by atoms with Crippen LogP contribution in [-0.2, 0) is 6.61 Å². The van der Waals surface area contributed by atoms with E-state index in [9.17, 15) is 4.79 Å². The van der Waals surface area contributed by atoms with Crippen LogP contribution in [0.2, 0.25) is 0 Å². The molecule has 35 heavy (non-hydrogen) atoms. The van der Waals surface area contributed by atoms with Crippen LogP contribution in [0.3, 0.4) is 0 Å². The van der Waals surface area contributed by atoms with Crippen molar-refractivity contribution in [2.75, 3.05) is 31.9 Å². The fourth-order valence-electron chi connectivity index (χ4n) is 5.03. The molecule has 2 N–H and O–H groups in total. The maximum absolute atomic E-state index is 13.3. The molecule has 1 unspecified atom stereocenters. The molecule has 0 spiro atoms. The molecular weight excluding hydrogens is 504 g/mol. The molecule has 182 valence electrons. The fraction of sp³-hybridized carbons (Fsp3) is 0.357. The van der Waals surface area contributed by atoms with Crippen LogP contribution < -0.4 is 10.5 Å². The molecule has 0 aliphatic carbocycles. The van der Waals surface area contributed by atoms with Gasteiger partial charge in [-0.15, -0.1) is 0 Å². The van der Waals surface area contributed by atoms with E-state index >= 15 is 0 Å². The summed E-state index contributed by atoms with van der Waals surface area (Å²) in [5.41, 5.74) is 9.70. The van der Waals surface area contributed by atoms with Crippen molar-refractivity contribution in [1.29, 1.82) is 0 Å². The Hall–Kier alpha value is -2.90. The highest BCUT2D eigenvalue weighted by molar-refractivity contribution is 9.10. The van der Waals surface area contributed by atoms with Gasteiger partial charge in [0.2, 0.25) is 0 Å². The minimum atomic E-state index is 0.131. The second-order valence-electron chi connectivity index (χ2n) is 9.37. The van der Waals surface area contributed by atoms with Gasteiger partial charge in [0.25, 0.3) is 5.91 Å². The molecule has 1 atom stereocenters. The van der Waals surface area contributed by atoms with E-state index in [2.05, 4.69) is 30.7 Å². The van der Waals surface area contributed by atoms with Crippen LogP contribution >= 0.6 is 15.9 Å². The summed E-state index contributed by atoms with van der Waals surface area (Å²) in [6.45, 7) is 4.56. The maximum atomic E-state index is 13.3. The predicted molar refractivity (Wildman–Crippen MR) is 142 cm³/mol. The summed E-state index contributed by atoms with van der Waals surface area (Å²) in [7, 11) is 0. The van der Waals surface area contributed by atoms with Gasteiger partial charge in [0, 0.05) is 46.5 Å². The third-order valence-electron chi connectivity index (χ3n) is 6.99. The third kappa shape index (κ3) is 5.52. The van der Waals surface area contributed by atoms with Gasteiger partial charge in [0.05, 0.1) is 0 Å². The molecule has 3 aromatic rings. The number of hydrogen-bond donors (Lipinski definition) is 1. The zero-order chi connectivity index (χ0) is 24.2. The van der Waals surface area contributed by atoms with E-state index < -0.39 is 0 Å². The van der Waals surface area contributed by atoms with Crippen LogP contribution in [0, 0.1) is 0 Å². The standard InChI is InChI=1S/C28H31BrN4O2/c29-25-8-2-1-6-22(25)19-35-26-16-23(17-31-27(26)30)20-9-11-21(12-10-20)28(34)33-15-5-7-24(33)18-32-13-3-4-14-32/h1-2,6,8-12,16-17,24H,3-5,7,13-15,18-19H2,(H2,30,31). The third-order valence-corrected chi connectivity index (χ3v) is 7.77. The second-order valence-corrected chi connectivity index (χ2v) is 10.2. The molecule has 2 fully saturated rings. The lowest BCUT2D eigenvalue weighted by atomic mass is 10.0. The van der Waals surface area contributed by atoms with Gasteiger partial charge in [-0.25, -0.2) is 4.98 Å². The van der Waals surface area contributed by atoms with Gasteiger partial charge in [-0.2, -0.15) is 0 Å². The number of ether oxygens (including phenoxy) is 1. The number of hydrogen-bond acceptors (Lipinski definition) is 5. The van der Waals surface area contributed by atoms with Gasteiger partial charge in [-0.3, -0.25) is 4.79 Å². The van der Waals surface area contributed by atoms with Crippen LogP contribution in [0.15, 0.2) is 65.3 Å². The van der Waals surface area contributed by atoms with Crippen molar-refractivity contribution in [3.63, 3.8) is 0 Å². The number of benzene rings is 2. The highest BCUT2D eigenvalue weighted by Crippen LogP contribution is 2.29. The molecule has 1 amide bonds. The number of pyridine rings is 1. The zero-order valence-corrected chi connectivity index (χ0v) is 21.4. The molecule has 1 aromatic heterocycles. The van der Waals surface area contributed by atoms with Crippen molar-refractivity contribution in [2.45, 2.75) is 38.3 Å². The topological polar surface area (TPSA) is 71.7 Å². The van der Waals surface area contributed by atoms with E-state index in [4.69, 9.17) is 10.5 Å². The summed E-state index contributed by atoms with van der Waals surface area (Å²) in [5, 5.41) is 0. The molecule has 3 heterocycles. The predicted octanol–water partition coefficient (Wildman–Crippen LogP) is 5.37. The monoisotopic (exact) mass is 534 g/mol. The molecule has 2 saturated heterocycles. The largest absolute Gasteiger partial charge is 0.485 e. The highest BCUT2D eigenvalue weighted by atomic mass is 79.9. The Balaban J connectivity index is 1.27. The van der Waals surface area contributed by atoms with E-state index in [1.807, 2.05) is 54.6 Å². The minimum Gasteiger partial charge on any atom is -0.485 e. The lowest BCUT2D eigenvalue weighted by Crippen LogP contribution is -2.42. The molecule has 6 nitrogen and oxygen atoms in total. The lowest BCUT2D eigenvalue weighted by Gasteiger charge is -2.28. The van der Waals surface area contributed by atoms with E-state index in [0.29, 0.717) is 24.2 Å². The first-order chi connectivity index (χ1) is 17.1. The molecule has 2 aliphatic heterocycles. The smallest absolute Gasteiger partial charge is 0.254 e. The summed E-state index contributed by atoms with van der Waals surface area (Å²) < 4.78 is 6.97. The average Bonchev–Trinajstić information content (AvgIpc) is 3.57. The van der Waals surface area contributed by atoms with Crippen LogP contribution in [0.5, 0.6) is 5.75 Å². The summed E-state index contributed by atoms with van der Waals surface area (Å²) >= 11 is 3.55. The Morgan fingerprint density at radius 3 is 2.57 bits per heavy atom. The summed E-state index contributed by atoms with van der Waals surface area (Å²) in [6, 6.07) is 17.9. The average molecular weight is 535 g/mol. The molecule has 0 saturated carbocycles. The quantitative estimate of drug-likeness (QED) is 0.441. The SMILES string of the molecule is Nc1ncc(-c2ccc(C(=O)N3CCCC3CN3CCCC3)cc2)cc1OCc1ccccc1Br. The molecule has 0 radical (unpaired) electrons. The summed E-state index contributed by atoms with van der Waals surface area (Å²) in [4.78, 5) is 22.2. The molecule has 2 aromatic carbocycles. The maximum Gasteiger partial charge on any atom is 0.254 e. The van der Waals surface area contributed by atoms with Crippen LogP contribution in [0.4, 0.5) is 5.82 Å². The van der Waals surface area contributed by atoms with Crippen molar-refractivity contribution in [2.24, 2.45) is 0 Å². The Morgan fingerprint density at radius 1 is 1.03 bits per heavy atom. The summed E-state index contributed by atoms with van der Waals surface area (Å²) in [6.07, 6.45) is 6.48. The van der Waals surface area contributed by atoms with Crippen molar-refractivity contribution >= 4 is 27.7 Å². The van der Waals surface area contributed by atoms with Gasteiger partial charge in [-0.05, 0) is 68.6 Å². The number of nitrogens with zero attached hydrogens (tertiary/aromatic N) is 3. The van der Waals surface area contributed by atoms with Crippen molar-refractivity contribution in [3.8, 4) is 16.9 Å². The normalized spacial score (nSPS) is 18.2. The van der Waals surface area contributed by atoms with E-state index in [1.54, 1.807) is 6.20 Å². The van der Waals surface area contributed by atoms with E-state index in [-0.39, 0.29) is 5.91 Å². The molecule has 7 heteroatoms. The van der Waals surface area contributed by atoms with Gasteiger partial charge in [-0.1, -0.05) is 46.3 Å². The zero-order valence-electron chi connectivity index (χ0n) is 19.8. The van der Waals surface area contributed by atoms with Crippen molar-refractivity contribution in [3.05, 3.63) is 76.4 Å². The van der Waals surface area contributed by atoms with Crippen LogP contribution in [0.25, 0.3) is 11.1 Å². The van der Waals surface area contributed by atoms with Crippen LogP contribution in [0.1, 0.15) is 41.6 Å². The number of likely N-dealkylation sites (tertiary alicyclic amines) is 2. The number of carbonyl (C=O) groups excluding carboxylic acids is 1. The fourth-order valence-corrected chi connectivity index (χ4v) is 5.43.